The van der Waals surface area contributed by atoms with Gasteiger partial charge in [0, 0.05) is 22.7 Å². The van der Waals surface area contributed by atoms with E-state index in [-0.39, 0.29) is 27.9 Å². The van der Waals surface area contributed by atoms with Crippen molar-refractivity contribution in [3.63, 3.8) is 0 Å². The summed E-state index contributed by atoms with van der Waals surface area (Å²) in [7, 11) is 0. The van der Waals surface area contributed by atoms with Gasteiger partial charge in [0.05, 0.1) is 22.6 Å². The van der Waals surface area contributed by atoms with E-state index >= 15 is 0 Å². The van der Waals surface area contributed by atoms with Crippen LogP contribution in [0, 0.1) is 17.3 Å². The highest BCUT2D eigenvalue weighted by molar-refractivity contribution is 14.1. The van der Waals surface area contributed by atoms with Crippen LogP contribution in [0.2, 0.25) is 10.0 Å². The molecule has 172 valence electrons. The summed E-state index contributed by atoms with van der Waals surface area (Å²) >= 11 is 16.7. The van der Waals surface area contributed by atoms with Crippen molar-refractivity contribution in [2.24, 2.45) is 4.99 Å². The van der Waals surface area contributed by atoms with Gasteiger partial charge in [-0.25, -0.2) is 9.79 Å². The molecule has 0 saturated carbocycles. The minimum Gasteiger partial charge on any atom is -0.487 e. The van der Waals surface area contributed by atoms with E-state index in [1.165, 1.54) is 18.2 Å². The fraction of sp³-hybridized carbons (Fsp3) is 0.0435. The van der Waals surface area contributed by atoms with Crippen LogP contribution in [0.5, 0.6) is 5.75 Å². The molecule has 0 spiro atoms. The minimum atomic E-state index is -0.645. The molecule has 3 aromatic carbocycles. The summed E-state index contributed by atoms with van der Waals surface area (Å²) in [6.07, 6.45) is 1.59. The number of benzene rings is 3. The molecule has 1 aliphatic rings. The summed E-state index contributed by atoms with van der Waals surface area (Å²) in [5, 5.41) is 11.6. The zero-order valence-corrected chi connectivity index (χ0v) is 22.8. The molecule has 3 aromatic rings. The highest BCUT2D eigenvalue weighted by atomic mass is 127. The molecule has 0 aromatic heterocycles. The van der Waals surface area contributed by atoms with Crippen molar-refractivity contribution in [1.82, 2.24) is 0 Å². The topological polar surface area (TPSA) is 91.0 Å². The molecular weight excluding hydrogens is 709 g/mol. The van der Waals surface area contributed by atoms with Gasteiger partial charge in [-0.05, 0) is 81.1 Å². The molecule has 1 heterocycles. The van der Waals surface area contributed by atoms with E-state index in [0.29, 0.717) is 17.4 Å². The molecule has 7 nitrogen and oxygen atoms in total. The molecule has 0 radical (unpaired) electrons. The van der Waals surface area contributed by atoms with Gasteiger partial charge in [-0.3, -0.25) is 10.1 Å². The van der Waals surface area contributed by atoms with Crippen molar-refractivity contribution in [3.8, 4) is 5.75 Å². The van der Waals surface area contributed by atoms with Crippen LogP contribution in [0.15, 0.2) is 65.3 Å². The Balaban J connectivity index is 1.58. The molecule has 1 aliphatic heterocycles. The van der Waals surface area contributed by atoms with Crippen LogP contribution in [0.1, 0.15) is 16.7 Å². The monoisotopic (exact) mass is 720 g/mol. The van der Waals surface area contributed by atoms with Gasteiger partial charge in [0.2, 0.25) is 5.90 Å². The maximum atomic E-state index is 12.4. The van der Waals surface area contributed by atoms with Crippen LogP contribution in [0.25, 0.3) is 6.08 Å². The third-order valence-electron chi connectivity index (χ3n) is 4.67. The van der Waals surface area contributed by atoms with Gasteiger partial charge >= 0.3 is 5.97 Å². The van der Waals surface area contributed by atoms with Gasteiger partial charge in [-0.1, -0.05) is 41.4 Å². The molecule has 0 fully saturated rings. The van der Waals surface area contributed by atoms with Gasteiger partial charge < -0.3 is 9.47 Å². The lowest BCUT2D eigenvalue weighted by Gasteiger charge is -2.12. The number of nitrogens with zero attached hydrogens (tertiary/aromatic N) is 2. The summed E-state index contributed by atoms with van der Waals surface area (Å²) in [5.41, 5.74) is 1.81. The van der Waals surface area contributed by atoms with Gasteiger partial charge in [-0.2, -0.15) is 0 Å². The molecule has 0 unspecified atom stereocenters. The summed E-state index contributed by atoms with van der Waals surface area (Å²) in [5.74, 6) is 0.0489. The predicted molar refractivity (Wildman–Crippen MR) is 146 cm³/mol. The van der Waals surface area contributed by atoms with Crippen molar-refractivity contribution in [3.05, 3.63) is 104 Å². The predicted octanol–water partition coefficient (Wildman–Crippen LogP) is 7.03. The number of ether oxygens (including phenoxy) is 2. The minimum absolute atomic E-state index is 0.0137. The largest absolute Gasteiger partial charge is 0.487 e. The molecule has 4 rings (SSSR count). The van der Waals surface area contributed by atoms with Crippen LogP contribution in [0.3, 0.4) is 0 Å². The highest BCUT2D eigenvalue weighted by Gasteiger charge is 2.26. The van der Waals surface area contributed by atoms with Gasteiger partial charge in [-0.15, -0.1) is 0 Å². The lowest BCUT2D eigenvalue weighted by molar-refractivity contribution is -0.384. The Labute approximate surface area is 231 Å². The van der Waals surface area contributed by atoms with Crippen LogP contribution in [-0.4, -0.2) is 16.8 Å². The average molecular weight is 721 g/mol. The third-order valence-corrected chi connectivity index (χ3v) is 6.95. The number of halogens is 4. The molecule has 0 bridgehead atoms. The lowest BCUT2D eigenvalue weighted by atomic mass is 10.2. The Morgan fingerprint density at radius 3 is 2.41 bits per heavy atom. The number of nitro groups is 1. The maximum Gasteiger partial charge on any atom is 0.363 e. The smallest absolute Gasteiger partial charge is 0.363 e. The number of nitro benzene ring substituents is 1. The summed E-state index contributed by atoms with van der Waals surface area (Å²) in [4.78, 5) is 27.0. The van der Waals surface area contributed by atoms with Crippen molar-refractivity contribution >= 4 is 92.0 Å². The Hall–Kier alpha value is -2.22. The van der Waals surface area contributed by atoms with E-state index in [1.807, 2.05) is 36.4 Å². The Bertz CT molecular complexity index is 1370. The Kier molecular flexibility index (Phi) is 7.75. The second-order valence-corrected chi connectivity index (χ2v) is 10.1. The van der Waals surface area contributed by atoms with Gasteiger partial charge in [0.25, 0.3) is 5.69 Å². The van der Waals surface area contributed by atoms with Crippen molar-refractivity contribution < 1.29 is 19.2 Å². The van der Waals surface area contributed by atoms with Crippen molar-refractivity contribution in [2.75, 3.05) is 0 Å². The number of non-ortho nitro benzene ring substituents is 1. The first kappa shape index (κ1) is 24.9. The first-order valence-corrected chi connectivity index (χ1v) is 12.5. The van der Waals surface area contributed by atoms with Crippen LogP contribution >= 0.6 is 68.4 Å². The standard InChI is InChI=1S/C23H12Cl2I2N2O5/c24-16-4-2-1-3-13(16)11-33-21-18(26)7-12(8-19(21)27)9-20-23(30)34-22(28-20)15-6-5-14(29(31)32)10-17(15)25/h1-10H,11H2/b20-9-. The zero-order chi connectivity index (χ0) is 24.4. The van der Waals surface area contributed by atoms with Crippen molar-refractivity contribution in [2.45, 2.75) is 6.61 Å². The van der Waals surface area contributed by atoms with E-state index in [4.69, 9.17) is 32.7 Å². The zero-order valence-electron chi connectivity index (χ0n) is 16.9. The fourth-order valence-electron chi connectivity index (χ4n) is 3.04. The lowest BCUT2D eigenvalue weighted by Crippen LogP contribution is -2.06. The molecule has 34 heavy (non-hydrogen) atoms. The SMILES string of the molecule is O=C1OC(c2ccc([N+](=O)[O-])cc2Cl)=N/C1=C\c1cc(I)c(OCc2ccccc2Cl)c(I)c1. The fourth-order valence-corrected chi connectivity index (χ4v) is 5.61. The maximum absolute atomic E-state index is 12.4. The molecule has 0 atom stereocenters. The molecule has 0 aliphatic carbocycles. The molecule has 0 saturated heterocycles. The number of hydrogen-bond donors (Lipinski definition) is 0. The highest BCUT2D eigenvalue weighted by Crippen LogP contribution is 2.32. The van der Waals surface area contributed by atoms with Crippen LogP contribution in [-0.2, 0) is 16.1 Å². The summed E-state index contributed by atoms with van der Waals surface area (Å²) in [6, 6.07) is 15.0. The van der Waals surface area contributed by atoms with E-state index in [1.54, 1.807) is 6.08 Å². The van der Waals surface area contributed by atoms with Gasteiger partial charge in [0.1, 0.15) is 12.4 Å². The van der Waals surface area contributed by atoms with Gasteiger partial charge in [0.15, 0.2) is 5.70 Å². The number of esters is 1. The summed E-state index contributed by atoms with van der Waals surface area (Å²) < 4.78 is 12.9. The molecular formula is C23H12Cl2I2N2O5. The quantitative estimate of drug-likeness (QED) is 0.0897. The average Bonchev–Trinajstić information content (AvgIpc) is 3.14. The first-order valence-electron chi connectivity index (χ1n) is 9.55. The van der Waals surface area contributed by atoms with E-state index in [2.05, 4.69) is 50.2 Å². The second-order valence-electron chi connectivity index (χ2n) is 6.95. The first-order chi connectivity index (χ1) is 16.2. The summed E-state index contributed by atoms with van der Waals surface area (Å²) in [6.45, 7) is 0.322. The number of hydrogen-bond acceptors (Lipinski definition) is 6. The number of aliphatic imine (C=N–C) groups is 1. The molecule has 0 amide bonds. The Morgan fingerprint density at radius 2 is 1.76 bits per heavy atom. The van der Waals surface area contributed by atoms with E-state index in [9.17, 15) is 14.9 Å². The Morgan fingerprint density at radius 1 is 1.06 bits per heavy atom. The number of cyclic esters (lactones) is 1. The second kappa shape index (κ2) is 10.6. The number of rotatable bonds is 6. The van der Waals surface area contributed by atoms with Crippen molar-refractivity contribution in [1.29, 1.82) is 0 Å². The third kappa shape index (κ3) is 5.53. The van der Waals surface area contributed by atoms with E-state index < -0.39 is 10.9 Å². The molecule has 11 heteroatoms. The number of carbonyl (C=O) groups is 1. The molecule has 0 N–H and O–H groups in total. The van der Waals surface area contributed by atoms with Crippen LogP contribution < -0.4 is 4.74 Å². The van der Waals surface area contributed by atoms with Crippen LogP contribution in [0.4, 0.5) is 5.69 Å². The normalized spacial score (nSPS) is 14.2. The number of carbonyl (C=O) groups excluding carboxylic acids is 1. The van der Waals surface area contributed by atoms with E-state index in [0.717, 1.165) is 18.3 Å².